The normalized spacial score (nSPS) is 19.5. The molecule has 90 valence electrons. The lowest BCUT2D eigenvalue weighted by Crippen LogP contribution is -2.43. The molecule has 1 unspecified atom stereocenters. The van der Waals surface area contributed by atoms with Crippen molar-refractivity contribution in [2.24, 2.45) is 0 Å². The maximum atomic E-state index is 12.1. The minimum atomic E-state index is -3.52. The Morgan fingerprint density at radius 3 is 2.88 bits per heavy atom. The van der Waals surface area contributed by atoms with E-state index in [0.717, 1.165) is 24.1 Å². The first-order valence-corrected chi connectivity index (χ1v) is 7.14. The SMILES string of the molecule is CC1CCc2ccccc2N1S(=O)(=O)CC#N. The molecule has 0 radical (unpaired) electrons. The zero-order chi connectivity index (χ0) is 12.5. The molecule has 0 amide bonds. The molecule has 0 fully saturated rings. The van der Waals surface area contributed by atoms with Crippen LogP contribution in [0.1, 0.15) is 18.9 Å². The van der Waals surface area contributed by atoms with Crippen molar-refractivity contribution in [1.29, 1.82) is 5.26 Å². The Balaban J connectivity index is 2.51. The van der Waals surface area contributed by atoms with E-state index in [4.69, 9.17) is 5.26 Å². The van der Waals surface area contributed by atoms with Crippen LogP contribution in [-0.4, -0.2) is 20.2 Å². The number of fused-ring (bicyclic) bond motifs is 1. The van der Waals surface area contributed by atoms with Crippen molar-refractivity contribution in [1.82, 2.24) is 0 Å². The minimum absolute atomic E-state index is 0.0803. The Morgan fingerprint density at radius 1 is 1.47 bits per heavy atom. The van der Waals surface area contributed by atoms with Crippen molar-refractivity contribution in [2.75, 3.05) is 10.1 Å². The first-order valence-electron chi connectivity index (χ1n) is 5.53. The molecule has 0 saturated carbocycles. The van der Waals surface area contributed by atoms with E-state index >= 15 is 0 Å². The van der Waals surface area contributed by atoms with Crippen molar-refractivity contribution < 1.29 is 8.42 Å². The van der Waals surface area contributed by atoms with Crippen LogP contribution < -0.4 is 4.31 Å². The number of hydrogen-bond acceptors (Lipinski definition) is 3. The summed E-state index contributed by atoms with van der Waals surface area (Å²) in [4.78, 5) is 0. The number of aryl methyl sites for hydroxylation is 1. The minimum Gasteiger partial charge on any atom is -0.266 e. The van der Waals surface area contributed by atoms with Gasteiger partial charge in [0.2, 0.25) is 10.0 Å². The fourth-order valence-electron chi connectivity index (χ4n) is 2.23. The molecule has 2 rings (SSSR count). The summed E-state index contributed by atoms with van der Waals surface area (Å²) in [5.41, 5.74) is 1.76. The molecule has 1 atom stereocenters. The largest absolute Gasteiger partial charge is 0.266 e. The molecule has 0 aliphatic carbocycles. The van der Waals surface area contributed by atoms with E-state index in [1.807, 2.05) is 25.1 Å². The average Bonchev–Trinajstić information content (AvgIpc) is 2.28. The first kappa shape index (κ1) is 11.9. The molecule has 1 aliphatic rings. The lowest BCUT2D eigenvalue weighted by molar-refractivity contribution is 0.566. The molecule has 4 nitrogen and oxygen atoms in total. The molecular weight excluding hydrogens is 236 g/mol. The molecule has 0 spiro atoms. The number of benzene rings is 1. The average molecular weight is 250 g/mol. The van der Waals surface area contributed by atoms with Gasteiger partial charge < -0.3 is 0 Å². The third-order valence-electron chi connectivity index (χ3n) is 3.01. The van der Waals surface area contributed by atoms with E-state index in [2.05, 4.69) is 0 Å². The molecule has 5 heteroatoms. The summed E-state index contributed by atoms with van der Waals surface area (Å²) in [7, 11) is -3.52. The number of hydrogen-bond donors (Lipinski definition) is 0. The number of sulfonamides is 1. The van der Waals surface area contributed by atoms with Crippen molar-refractivity contribution in [3.63, 3.8) is 0 Å². The Labute approximate surface area is 102 Å². The molecule has 1 aliphatic heterocycles. The monoisotopic (exact) mass is 250 g/mol. The molecule has 1 aromatic carbocycles. The van der Waals surface area contributed by atoms with Gasteiger partial charge in [0.25, 0.3) is 0 Å². The van der Waals surface area contributed by atoms with E-state index in [-0.39, 0.29) is 6.04 Å². The summed E-state index contributed by atoms with van der Waals surface area (Å²) >= 11 is 0. The van der Waals surface area contributed by atoms with Crippen LogP contribution in [0.4, 0.5) is 5.69 Å². The second-order valence-corrected chi connectivity index (χ2v) is 6.07. The van der Waals surface area contributed by atoms with Crippen molar-refractivity contribution >= 4 is 15.7 Å². The van der Waals surface area contributed by atoms with Gasteiger partial charge in [0.15, 0.2) is 5.75 Å². The van der Waals surface area contributed by atoms with Gasteiger partial charge in [0, 0.05) is 6.04 Å². The summed E-state index contributed by atoms with van der Waals surface area (Å²) in [6, 6.07) is 9.12. The summed E-state index contributed by atoms with van der Waals surface area (Å²) in [5, 5.41) is 8.61. The highest BCUT2D eigenvalue weighted by Crippen LogP contribution is 2.32. The maximum Gasteiger partial charge on any atom is 0.248 e. The van der Waals surface area contributed by atoms with E-state index in [1.165, 1.54) is 4.31 Å². The zero-order valence-corrected chi connectivity index (χ0v) is 10.4. The van der Waals surface area contributed by atoms with Crippen LogP contribution in [0.5, 0.6) is 0 Å². The Hall–Kier alpha value is -1.54. The van der Waals surface area contributed by atoms with Crippen LogP contribution in [0.2, 0.25) is 0 Å². The summed E-state index contributed by atoms with van der Waals surface area (Å²) < 4.78 is 25.5. The van der Waals surface area contributed by atoms with Gasteiger partial charge in [-0.25, -0.2) is 8.42 Å². The molecule has 17 heavy (non-hydrogen) atoms. The highest BCUT2D eigenvalue weighted by molar-refractivity contribution is 7.93. The van der Waals surface area contributed by atoms with Gasteiger partial charge >= 0.3 is 0 Å². The lowest BCUT2D eigenvalue weighted by atomic mass is 9.99. The van der Waals surface area contributed by atoms with Crippen molar-refractivity contribution in [2.45, 2.75) is 25.8 Å². The van der Waals surface area contributed by atoms with Gasteiger partial charge in [0.05, 0.1) is 11.8 Å². The molecule has 1 aromatic rings. The number of rotatable bonds is 2. The standard InChI is InChI=1S/C12H14N2O2S/c1-10-6-7-11-4-2-3-5-12(11)14(10)17(15,16)9-8-13/h2-5,10H,6-7,9H2,1H3. The Morgan fingerprint density at radius 2 is 2.18 bits per heavy atom. The third-order valence-corrected chi connectivity index (χ3v) is 4.66. The third kappa shape index (κ3) is 2.13. The van der Waals surface area contributed by atoms with E-state index in [1.54, 1.807) is 12.1 Å². The molecule has 0 aromatic heterocycles. The van der Waals surface area contributed by atoms with Crippen LogP contribution in [0, 0.1) is 11.3 Å². The Kier molecular flexibility index (Phi) is 3.07. The van der Waals surface area contributed by atoms with Crippen LogP contribution >= 0.6 is 0 Å². The van der Waals surface area contributed by atoms with Crippen LogP contribution in [0.25, 0.3) is 0 Å². The number of nitrogens with zero attached hydrogens (tertiary/aromatic N) is 2. The lowest BCUT2D eigenvalue weighted by Gasteiger charge is -2.35. The topological polar surface area (TPSA) is 61.2 Å². The molecule has 0 bridgehead atoms. The predicted molar refractivity (Wildman–Crippen MR) is 66.1 cm³/mol. The van der Waals surface area contributed by atoms with Gasteiger partial charge in [-0.05, 0) is 31.4 Å². The van der Waals surface area contributed by atoms with Crippen LogP contribution in [0.3, 0.4) is 0 Å². The molecule has 0 saturated heterocycles. The van der Waals surface area contributed by atoms with Crippen molar-refractivity contribution in [3.8, 4) is 6.07 Å². The highest BCUT2D eigenvalue weighted by Gasteiger charge is 2.31. The van der Waals surface area contributed by atoms with E-state index in [9.17, 15) is 8.42 Å². The van der Waals surface area contributed by atoms with Gasteiger partial charge in [-0.3, -0.25) is 4.31 Å². The van der Waals surface area contributed by atoms with E-state index < -0.39 is 15.8 Å². The van der Waals surface area contributed by atoms with Gasteiger partial charge in [-0.15, -0.1) is 0 Å². The van der Waals surface area contributed by atoms with Crippen LogP contribution in [-0.2, 0) is 16.4 Å². The second kappa shape index (κ2) is 4.38. The van der Waals surface area contributed by atoms with Gasteiger partial charge in [-0.1, -0.05) is 18.2 Å². The number of para-hydroxylation sites is 1. The predicted octanol–water partition coefficient (Wildman–Crippen LogP) is 1.68. The quantitative estimate of drug-likeness (QED) is 0.802. The maximum absolute atomic E-state index is 12.1. The fraction of sp³-hybridized carbons (Fsp3) is 0.417. The van der Waals surface area contributed by atoms with Crippen LogP contribution in [0.15, 0.2) is 24.3 Å². The summed E-state index contributed by atoms with van der Waals surface area (Å²) in [6.07, 6.45) is 1.68. The smallest absolute Gasteiger partial charge is 0.248 e. The summed E-state index contributed by atoms with van der Waals surface area (Å²) in [5.74, 6) is -0.467. The van der Waals surface area contributed by atoms with Gasteiger partial charge in [-0.2, -0.15) is 5.26 Å². The number of nitriles is 1. The fourth-order valence-corrected chi connectivity index (χ4v) is 3.67. The molecule has 1 heterocycles. The van der Waals surface area contributed by atoms with Gasteiger partial charge in [0.1, 0.15) is 0 Å². The van der Waals surface area contributed by atoms with Crippen molar-refractivity contribution in [3.05, 3.63) is 29.8 Å². The molecule has 0 N–H and O–H groups in total. The second-order valence-electron chi connectivity index (χ2n) is 4.23. The molecular formula is C12H14N2O2S. The zero-order valence-electron chi connectivity index (χ0n) is 9.63. The Bertz CT molecular complexity index is 560. The highest BCUT2D eigenvalue weighted by atomic mass is 32.2. The number of anilines is 1. The first-order chi connectivity index (χ1) is 8.06. The van der Waals surface area contributed by atoms with E-state index in [0.29, 0.717) is 0 Å². The summed E-state index contributed by atoms with van der Waals surface area (Å²) in [6.45, 7) is 1.88.